The van der Waals surface area contributed by atoms with E-state index in [0.717, 1.165) is 97.9 Å². The lowest BCUT2D eigenvalue weighted by molar-refractivity contribution is 0.595. The lowest BCUT2D eigenvalue weighted by Gasteiger charge is -2.14. The van der Waals surface area contributed by atoms with Crippen LogP contribution in [0.1, 0.15) is 41.0 Å². The molecule has 8 aromatic rings. The highest BCUT2D eigenvalue weighted by atomic mass is 16.3. The van der Waals surface area contributed by atoms with Crippen molar-refractivity contribution < 1.29 is 8.83 Å². The van der Waals surface area contributed by atoms with Crippen LogP contribution in [-0.4, -0.2) is 4.57 Å². The minimum Gasteiger partial charge on any atom is -0.456 e. The Morgan fingerprint density at radius 1 is 0.647 bits per heavy atom. The summed E-state index contributed by atoms with van der Waals surface area (Å²) in [6.07, 6.45) is 21.4. The highest BCUT2D eigenvalue weighted by molar-refractivity contribution is 6.10. The van der Waals surface area contributed by atoms with Gasteiger partial charge in [-0.15, -0.1) is 0 Å². The molecule has 3 heteroatoms. The van der Waals surface area contributed by atoms with E-state index in [4.69, 9.17) is 8.83 Å². The van der Waals surface area contributed by atoms with Gasteiger partial charge in [-0.1, -0.05) is 104 Å². The zero-order valence-electron chi connectivity index (χ0n) is 28.2. The third-order valence-electron chi connectivity index (χ3n) is 10.5. The normalized spacial score (nSPS) is 14.3. The van der Waals surface area contributed by atoms with E-state index in [0.29, 0.717) is 0 Å². The second-order valence-electron chi connectivity index (χ2n) is 13.6. The molecule has 0 bridgehead atoms. The van der Waals surface area contributed by atoms with Gasteiger partial charge in [0.05, 0.1) is 5.52 Å². The summed E-state index contributed by atoms with van der Waals surface area (Å²) in [4.78, 5) is 0. The molecule has 0 unspecified atom stereocenters. The van der Waals surface area contributed by atoms with E-state index >= 15 is 0 Å². The number of furan rings is 2. The number of para-hydroxylation sites is 2. The van der Waals surface area contributed by atoms with E-state index in [9.17, 15) is 0 Å². The molecule has 0 spiro atoms. The number of aryl methyl sites for hydroxylation is 2. The third-order valence-corrected chi connectivity index (χ3v) is 10.5. The predicted octanol–water partition coefficient (Wildman–Crippen LogP) is 13.3. The van der Waals surface area contributed by atoms with E-state index in [1.807, 2.05) is 24.3 Å². The van der Waals surface area contributed by atoms with Crippen molar-refractivity contribution in [3.8, 4) is 22.3 Å². The number of rotatable bonds is 6. The molecule has 0 saturated heterocycles. The molecule has 0 fully saturated rings. The van der Waals surface area contributed by atoms with Crippen LogP contribution in [0.3, 0.4) is 0 Å². The molecule has 2 aliphatic carbocycles. The third kappa shape index (κ3) is 4.88. The maximum absolute atomic E-state index is 6.54. The smallest absolute Gasteiger partial charge is 0.143 e. The molecule has 0 saturated carbocycles. The highest BCUT2D eigenvalue weighted by Gasteiger charge is 2.22. The Kier molecular flexibility index (Phi) is 6.92. The van der Waals surface area contributed by atoms with Gasteiger partial charge in [0.1, 0.15) is 22.5 Å². The zero-order valence-corrected chi connectivity index (χ0v) is 28.2. The maximum Gasteiger partial charge on any atom is 0.143 e. The summed E-state index contributed by atoms with van der Waals surface area (Å²) in [5, 5.41) is 4.80. The Morgan fingerprint density at radius 2 is 1.45 bits per heavy atom. The molecular weight excluding hydrogens is 623 g/mol. The first-order valence-corrected chi connectivity index (χ1v) is 17.8. The molecule has 244 valence electrons. The maximum atomic E-state index is 6.54. The molecular formula is C48H35NO2. The Balaban J connectivity index is 1.22. The lowest BCUT2D eigenvalue weighted by Crippen LogP contribution is -1.97. The van der Waals surface area contributed by atoms with E-state index in [2.05, 4.69) is 139 Å². The first-order chi connectivity index (χ1) is 25.2. The van der Waals surface area contributed by atoms with Gasteiger partial charge in [-0.05, 0) is 102 Å². The largest absolute Gasteiger partial charge is 0.456 e. The van der Waals surface area contributed by atoms with Crippen LogP contribution in [0, 0.1) is 0 Å². The van der Waals surface area contributed by atoms with E-state index in [1.165, 1.54) is 27.6 Å². The van der Waals surface area contributed by atoms with E-state index in [1.54, 1.807) is 0 Å². The summed E-state index contributed by atoms with van der Waals surface area (Å²) in [5.41, 5.74) is 14.5. The van der Waals surface area contributed by atoms with E-state index in [-0.39, 0.29) is 0 Å². The van der Waals surface area contributed by atoms with Crippen molar-refractivity contribution in [2.75, 3.05) is 0 Å². The van der Waals surface area contributed by atoms with Gasteiger partial charge in [-0.3, -0.25) is 0 Å². The molecule has 10 rings (SSSR count). The van der Waals surface area contributed by atoms with Crippen LogP contribution in [-0.2, 0) is 12.8 Å². The van der Waals surface area contributed by atoms with Gasteiger partial charge in [0.2, 0.25) is 0 Å². The first-order valence-electron chi connectivity index (χ1n) is 17.8. The second-order valence-corrected chi connectivity index (χ2v) is 13.6. The molecule has 0 radical (unpaired) electrons. The molecule has 0 N–H and O–H groups in total. The van der Waals surface area contributed by atoms with Crippen LogP contribution >= 0.6 is 0 Å². The van der Waals surface area contributed by atoms with E-state index < -0.39 is 0 Å². The average Bonchev–Trinajstić information content (AvgIpc) is 3.85. The number of allylic oxidation sites excluding steroid dienone is 6. The second kappa shape index (κ2) is 11.9. The van der Waals surface area contributed by atoms with Gasteiger partial charge in [0.15, 0.2) is 0 Å². The molecule has 0 amide bonds. The van der Waals surface area contributed by atoms with Crippen LogP contribution in [0.15, 0.2) is 149 Å². The van der Waals surface area contributed by atoms with Crippen LogP contribution in [0.2, 0.25) is 0 Å². The fourth-order valence-electron chi connectivity index (χ4n) is 8.12. The van der Waals surface area contributed by atoms with Crippen molar-refractivity contribution in [3.05, 3.63) is 168 Å². The molecule has 0 aliphatic heterocycles. The van der Waals surface area contributed by atoms with Gasteiger partial charge in [0.25, 0.3) is 0 Å². The minimum atomic E-state index is 0.897. The fourth-order valence-corrected chi connectivity index (χ4v) is 8.12. The molecule has 5 aromatic carbocycles. The average molecular weight is 658 g/mol. The van der Waals surface area contributed by atoms with Crippen molar-refractivity contribution >= 4 is 67.7 Å². The van der Waals surface area contributed by atoms with Gasteiger partial charge >= 0.3 is 0 Å². The standard InChI is InChI=1S/C48H35NO2/c1-2-3-14-32(30-49-43-22-10-7-17-37(43)41-28-42-39-19-9-11-23-45(39)50-47(42)29-44(41)49)34-25-33(31-15-5-4-6-16-31)26-35(27-34)36-20-13-21-40-38-18-8-12-24-46(38)51-48(36)40/h2-6,8,10-16,18,20-30H,1,7,9,17,19H2/b14-3-,32-30+. The summed E-state index contributed by atoms with van der Waals surface area (Å²) in [7, 11) is 0. The molecule has 0 atom stereocenters. The topological polar surface area (TPSA) is 31.2 Å². The summed E-state index contributed by atoms with van der Waals surface area (Å²) >= 11 is 0. The van der Waals surface area contributed by atoms with Gasteiger partial charge in [0, 0.05) is 50.6 Å². The Bertz CT molecular complexity index is 2810. The molecule has 3 nitrogen and oxygen atoms in total. The molecule has 3 aromatic heterocycles. The Morgan fingerprint density at radius 3 is 2.35 bits per heavy atom. The van der Waals surface area contributed by atoms with Crippen molar-refractivity contribution in [1.82, 2.24) is 4.57 Å². The lowest BCUT2D eigenvalue weighted by atomic mass is 9.92. The highest BCUT2D eigenvalue weighted by Crippen LogP contribution is 2.41. The number of benzene rings is 5. The van der Waals surface area contributed by atoms with Crippen molar-refractivity contribution in [2.45, 2.75) is 25.7 Å². The van der Waals surface area contributed by atoms with Crippen molar-refractivity contribution in [3.63, 3.8) is 0 Å². The Labute approximate surface area is 296 Å². The molecule has 2 aliphatic rings. The predicted molar refractivity (Wildman–Crippen MR) is 215 cm³/mol. The summed E-state index contributed by atoms with van der Waals surface area (Å²) < 4.78 is 15.4. The van der Waals surface area contributed by atoms with Crippen molar-refractivity contribution in [1.29, 1.82) is 0 Å². The van der Waals surface area contributed by atoms with Gasteiger partial charge in [-0.2, -0.15) is 0 Å². The summed E-state index contributed by atoms with van der Waals surface area (Å²) in [6.45, 7) is 4.03. The van der Waals surface area contributed by atoms with Crippen LogP contribution in [0.25, 0.3) is 90.0 Å². The van der Waals surface area contributed by atoms with Crippen LogP contribution in [0.5, 0.6) is 0 Å². The monoisotopic (exact) mass is 657 g/mol. The number of aromatic nitrogens is 1. The van der Waals surface area contributed by atoms with Crippen LogP contribution in [0.4, 0.5) is 0 Å². The fraction of sp³-hybridized carbons (Fsp3) is 0.0833. The zero-order chi connectivity index (χ0) is 33.9. The molecule has 3 heterocycles. The number of fused-ring (bicyclic) bond motifs is 9. The Hall–Kier alpha value is -6.32. The van der Waals surface area contributed by atoms with Gasteiger partial charge in [-0.25, -0.2) is 0 Å². The SMILES string of the molecule is C=C/C=C\C(=C/n1c2c(c3cc4c5c(oc4cc31)C=CCC5)CCC=C2)c1cc(-c2ccccc2)cc(-c2cccc3c2oc2ccccc23)c1. The first kappa shape index (κ1) is 29.6. The number of hydrogen-bond donors (Lipinski definition) is 0. The summed E-state index contributed by atoms with van der Waals surface area (Å²) in [5.74, 6) is 0.999. The molecule has 51 heavy (non-hydrogen) atoms. The number of nitrogens with zero attached hydrogens (tertiary/aromatic N) is 1. The van der Waals surface area contributed by atoms with Crippen molar-refractivity contribution in [2.24, 2.45) is 0 Å². The minimum absolute atomic E-state index is 0.897. The van der Waals surface area contributed by atoms with Gasteiger partial charge < -0.3 is 13.4 Å². The number of hydrogen-bond acceptors (Lipinski definition) is 2. The quantitative estimate of drug-likeness (QED) is 0.167. The van der Waals surface area contributed by atoms with Crippen LogP contribution < -0.4 is 0 Å². The summed E-state index contributed by atoms with van der Waals surface area (Å²) in [6, 6.07) is 36.9.